The van der Waals surface area contributed by atoms with Crippen LogP contribution >= 0.6 is 15.9 Å². The van der Waals surface area contributed by atoms with Crippen molar-refractivity contribution in [2.45, 2.75) is 32.9 Å². The number of benzene rings is 1. The van der Waals surface area contributed by atoms with Crippen LogP contribution in [0, 0.1) is 6.92 Å². The summed E-state index contributed by atoms with van der Waals surface area (Å²) >= 11 is 3.51. The first-order chi connectivity index (χ1) is 8.61. The van der Waals surface area contributed by atoms with Crippen LogP contribution in [0.3, 0.4) is 0 Å². The van der Waals surface area contributed by atoms with Gasteiger partial charge in [0, 0.05) is 23.4 Å². The van der Waals surface area contributed by atoms with Crippen molar-refractivity contribution in [2.75, 3.05) is 0 Å². The lowest BCUT2D eigenvalue weighted by Gasteiger charge is -2.15. The summed E-state index contributed by atoms with van der Waals surface area (Å²) in [6, 6.07) is 6.07. The number of halogens is 1. The van der Waals surface area contributed by atoms with Gasteiger partial charge in [-0.1, -0.05) is 28.9 Å². The number of aromatic nitrogens is 2. The first-order valence-electron chi connectivity index (χ1n) is 6.15. The molecule has 1 unspecified atom stereocenters. The van der Waals surface area contributed by atoms with Crippen molar-refractivity contribution < 1.29 is 0 Å². The largest absolute Gasteiger partial charge is 0.333 e. The highest BCUT2D eigenvalue weighted by atomic mass is 79.9. The Balaban J connectivity index is 2.34. The molecule has 0 saturated heterocycles. The minimum Gasteiger partial charge on any atom is -0.333 e. The van der Waals surface area contributed by atoms with Crippen molar-refractivity contribution in [3.05, 3.63) is 52.0 Å². The van der Waals surface area contributed by atoms with E-state index in [9.17, 15) is 0 Å². The number of aryl methyl sites for hydroxylation is 2. The minimum atomic E-state index is -0.178. The second kappa shape index (κ2) is 5.67. The molecule has 0 radical (unpaired) electrons. The van der Waals surface area contributed by atoms with Gasteiger partial charge in [-0.05, 0) is 36.6 Å². The molecule has 18 heavy (non-hydrogen) atoms. The van der Waals surface area contributed by atoms with Gasteiger partial charge in [-0.2, -0.15) is 0 Å². The lowest BCUT2D eigenvalue weighted by Crippen LogP contribution is -2.18. The Bertz CT molecular complexity index is 513. The summed E-state index contributed by atoms with van der Waals surface area (Å²) < 4.78 is 3.18. The van der Waals surface area contributed by atoms with Crippen LogP contribution in [-0.2, 0) is 6.54 Å². The third-order valence-corrected chi connectivity index (χ3v) is 3.37. The van der Waals surface area contributed by atoms with Crippen molar-refractivity contribution in [3.8, 4) is 0 Å². The molecule has 2 rings (SSSR count). The molecule has 3 nitrogen and oxygen atoms in total. The molecule has 0 aliphatic rings. The van der Waals surface area contributed by atoms with E-state index in [2.05, 4.69) is 57.5 Å². The van der Waals surface area contributed by atoms with Crippen LogP contribution in [0.1, 0.15) is 36.3 Å². The van der Waals surface area contributed by atoms with E-state index in [1.54, 1.807) is 0 Å². The number of hydrogen-bond acceptors (Lipinski definition) is 2. The van der Waals surface area contributed by atoms with Crippen LogP contribution in [0.15, 0.2) is 35.1 Å². The van der Waals surface area contributed by atoms with Crippen molar-refractivity contribution in [2.24, 2.45) is 5.73 Å². The van der Waals surface area contributed by atoms with Gasteiger partial charge in [0.25, 0.3) is 0 Å². The van der Waals surface area contributed by atoms with Gasteiger partial charge in [0.15, 0.2) is 0 Å². The van der Waals surface area contributed by atoms with Crippen molar-refractivity contribution >= 4 is 15.9 Å². The molecule has 0 bridgehead atoms. The SMILES string of the molecule is CCCn1ccnc1C(N)c1cc(C)cc(Br)c1. The summed E-state index contributed by atoms with van der Waals surface area (Å²) in [4.78, 5) is 4.39. The summed E-state index contributed by atoms with van der Waals surface area (Å²) in [7, 11) is 0. The lowest BCUT2D eigenvalue weighted by molar-refractivity contribution is 0.612. The predicted octanol–water partition coefficient (Wildman–Crippen LogP) is 3.41. The smallest absolute Gasteiger partial charge is 0.130 e. The van der Waals surface area contributed by atoms with Gasteiger partial charge in [-0.15, -0.1) is 0 Å². The molecule has 0 spiro atoms. The van der Waals surface area contributed by atoms with Gasteiger partial charge in [0.1, 0.15) is 5.82 Å². The third-order valence-electron chi connectivity index (χ3n) is 2.91. The van der Waals surface area contributed by atoms with Crippen LogP contribution in [-0.4, -0.2) is 9.55 Å². The minimum absolute atomic E-state index is 0.178. The Morgan fingerprint density at radius 3 is 2.83 bits per heavy atom. The average Bonchev–Trinajstić information content (AvgIpc) is 2.75. The van der Waals surface area contributed by atoms with Crippen LogP contribution in [0.25, 0.3) is 0 Å². The Kier molecular flexibility index (Phi) is 4.19. The number of nitrogens with zero attached hydrogens (tertiary/aromatic N) is 2. The van der Waals surface area contributed by atoms with E-state index >= 15 is 0 Å². The summed E-state index contributed by atoms with van der Waals surface area (Å²) in [6.45, 7) is 5.17. The predicted molar refractivity (Wildman–Crippen MR) is 77.4 cm³/mol. The van der Waals surface area contributed by atoms with E-state index in [0.717, 1.165) is 28.8 Å². The summed E-state index contributed by atoms with van der Waals surface area (Å²) in [5.74, 6) is 0.925. The zero-order valence-corrected chi connectivity index (χ0v) is 12.3. The quantitative estimate of drug-likeness (QED) is 0.940. The fourth-order valence-electron chi connectivity index (χ4n) is 2.12. The van der Waals surface area contributed by atoms with Gasteiger partial charge < -0.3 is 10.3 Å². The Labute approximate surface area is 116 Å². The highest BCUT2D eigenvalue weighted by Crippen LogP contribution is 2.23. The Morgan fingerprint density at radius 2 is 2.17 bits per heavy atom. The van der Waals surface area contributed by atoms with E-state index in [1.807, 2.05) is 12.4 Å². The number of imidazole rings is 1. The molecule has 2 N–H and O–H groups in total. The molecule has 0 fully saturated rings. The zero-order chi connectivity index (χ0) is 13.1. The Hall–Kier alpha value is -1.13. The van der Waals surface area contributed by atoms with E-state index in [0.29, 0.717) is 0 Å². The lowest BCUT2D eigenvalue weighted by atomic mass is 10.0. The second-order valence-corrected chi connectivity index (χ2v) is 5.43. The maximum absolute atomic E-state index is 6.33. The van der Waals surface area contributed by atoms with Gasteiger partial charge >= 0.3 is 0 Å². The van der Waals surface area contributed by atoms with Gasteiger partial charge in [0.2, 0.25) is 0 Å². The monoisotopic (exact) mass is 307 g/mol. The molecular formula is C14H18BrN3. The van der Waals surface area contributed by atoms with Gasteiger partial charge in [-0.3, -0.25) is 0 Å². The highest BCUT2D eigenvalue weighted by molar-refractivity contribution is 9.10. The van der Waals surface area contributed by atoms with Crippen molar-refractivity contribution in [1.82, 2.24) is 9.55 Å². The van der Waals surface area contributed by atoms with E-state index in [1.165, 1.54) is 5.56 Å². The Morgan fingerprint density at radius 1 is 1.39 bits per heavy atom. The molecule has 1 atom stereocenters. The standard InChI is InChI=1S/C14H18BrN3/c1-3-5-18-6-4-17-14(18)13(16)11-7-10(2)8-12(15)9-11/h4,6-9,13H,3,5,16H2,1-2H3. The first-order valence-corrected chi connectivity index (χ1v) is 6.94. The molecule has 0 amide bonds. The number of hydrogen-bond donors (Lipinski definition) is 1. The molecule has 96 valence electrons. The molecule has 0 saturated carbocycles. The van der Waals surface area contributed by atoms with Gasteiger partial charge in [0.05, 0.1) is 6.04 Å². The van der Waals surface area contributed by atoms with Crippen molar-refractivity contribution in [3.63, 3.8) is 0 Å². The fourth-order valence-corrected chi connectivity index (χ4v) is 2.75. The molecule has 1 heterocycles. The van der Waals surface area contributed by atoms with E-state index in [4.69, 9.17) is 5.73 Å². The van der Waals surface area contributed by atoms with Gasteiger partial charge in [-0.25, -0.2) is 4.98 Å². The summed E-state index contributed by atoms with van der Waals surface area (Å²) in [6.07, 6.45) is 4.88. The molecule has 1 aromatic heterocycles. The molecular weight excluding hydrogens is 290 g/mol. The van der Waals surface area contributed by atoms with Crippen LogP contribution < -0.4 is 5.73 Å². The van der Waals surface area contributed by atoms with Crippen LogP contribution in [0.4, 0.5) is 0 Å². The first kappa shape index (κ1) is 13.3. The molecule has 0 aliphatic carbocycles. The normalized spacial score (nSPS) is 12.7. The zero-order valence-electron chi connectivity index (χ0n) is 10.7. The van der Waals surface area contributed by atoms with Crippen LogP contribution in [0.2, 0.25) is 0 Å². The fraction of sp³-hybridized carbons (Fsp3) is 0.357. The van der Waals surface area contributed by atoms with E-state index < -0.39 is 0 Å². The second-order valence-electron chi connectivity index (χ2n) is 4.52. The molecule has 1 aromatic carbocycles. The topological polar surface area (TPSA) is 43.8 Å². The van der Waals surface area contributed by atoms with E-state index in [-0.39, 0.29) is 6.04 Å². The average molecular weight is 308 g/mol. The van der Waals surface area contributed by atoms with Crippen LogP contribution in [0.5, 0.6) is 0 Å². The maximum Gasteiger partial charge on any atom is 0.130 e. The molecule has 2 aromatic rings. The third kappa shape index (κ3) is 2.82. The summed E-state index contributed by atoms with van der Waals surface area (Å²) in [5.41, 5.74) is 8.61. The molecule has 4 heteroatoms. The molecule has 0 aliphatic heterocycles. The number of rotatable bonds is 4. The highest BCUT2D eigenvalue weighted by Gasteiger charge is 2.15. The number of nitrogens with two attached hydrogens (primary N) is 1. The maximum atomic E-state index is 6.33. The van der Waals surface area contributed by atoms with Crippen molar-refractivity contribution in [1.29, 1.82) is 0 Å². The summed E-state index contributed by atoms with van der Waals surface area (Å²) in [5, 5.41) is 0.